The van der Waals surface area contributed by atoms with E-state index in [-0.39, 0.29) is 6.10 Å². The molecule has 2 atom stereocenters. The number of aryl methyl sites for hydroxylation is 1. The summed E-state index contributed by atoms with van der Waals surface area (Å²) in [5, 5.41) is 11.1. The van der Waals surface area contributed by atoms with Gasteiger partial charge in [0.05, 0.1) is 6.10 Å². The Hall–Kier alpha value is -1.48. The Morgan fingerprint density at radius 3 is 2.75 bits per heavy atom. The molecular formula is C17H24O3. The lowest BCUT2D eigenvalue weighted by Gasteiger charge is -2.23. The minimum Gasteiger partial charge on any atom is -0.488 e. The van der Waals surface area contributed by atoms with Gasteiger partial charge in [-0.05, 0) is 50.5 Å². The average Bonchev–Trinajstić information content (AvgIpc) is 2.81. The normalized spacial score (nSPS) is 14.4. The molecule has 0 radical (unpaired) electrons. The number of rotatable bonds is 7. The summed E-state index contributed by atoms with van der Waals surface area (Å²) >= 11 is 0. The molecule has 1 aromatic carbocycles. The first-order chi connectivity index (χ1) is 9.63. The number of hydrogen-bond donors (Lipinski definition) is 1. The van der Waals surface area contributed by atoms with Crippen LogP contribution in [-0.4, -0.2) is 17.3 Å². The summed E-state index contributed by atoms with van der Waals surface area (Å²) in [7, 11) is 0. The number of hydrogen-bond acceptors (Lipinski definition) is 3. The molecule has 0 amide bonds. The molecule has 20 heavy (non-hydrogen) atoms. The summed E-state index contributed by atoms with van der Waals surface area (Å²) < 4.78 is 11.6. The maximum Gasteiger partial charge on any atom is 0.134 e. The zero-order valence-electron chi connectivity index (χ0n) is 12.6. The number of aliphatic hydroxyl groups is 1. The third-order valence-electron chi connectivity index (χ3n) is 3.59. The number of ether oxygens (including phenoxy) is 1. The van der Waals surface area contributed by atoms with Crippen LogP contribution >= 0.6 is 0 Å². The highest BCUT2D eigenvalue weighted by atomic mass is 16.5. The molecule has 0 fully saturated rings. The number of benzene rings is 1. The standard InChI is InChI=1S/C17H24O3/c1-4-6-7-17(15(18)5-2)20-14-8-9-16-13(11-14)10-12(3)19-16/h8-11,15,17-18H,4-7H2,1-3H3. The Labute approximate surface area is 120 Å². The second-order valence-electron chi connectivity index (χ2n) is 5.33. The minimum absolute atomic E-state index is 0.134. The molecule has 0 spiro atoms. The molecule has 0 aliphatic carbocycles. The van der Waals surface area contributed by atoms with Crippen LogP contribution < -0.4 is 4.74 Å². The van der Waals surface area contributed by atoms with Gasteiger partial charge in [0.15, 0.2) is 0 Å². The number of aliphatic hydroxyl groups excluding tert-OH is 1. The van der Waals surface area contributed by atoms with E-state index in [9.17, 15) is 5.11 Å². The highest BCUT2D eigenvalue weighted by Gasteiger charge is 2.19. The fourth-order valence-electron chi connectivity index (χ4n) is 2.40. The van der Waals surface area contributed by atoms with Crippen LogP contribution in [0.5, 0.6) is 5.75 Å². The van der Waals surface area contributed by atoms with E-state index in [0.29, 0.717) is 6.42 Å². The predicted octanol–water partition coefficient (Wildman–Crippen LogP) is 4.45. The molecule has 0 saturated carbocycles. The van der Waals surface area contributed by atoms with Crippen molar-refractivity contribution < 1.29 is 14.3 Å². The summed E-state index contributed by atoms with van der Waals surface area (Å²) in [5.74, 6) is 1.69. The smallest absolute Gasteiger partial charge is 0.134 e. The molecule has 3 nitrogen and oxygen atoms in total. The molecule has 2 aromatic rings. The largest absolute Gasteiger partial charge is 0.488 e. The van der Waals surface area contributed by atoms with Crippen LogP contribution in [0.25, 0.3) is 11.0 Å². The van der Waals surface area contributed by atoms with Gasteiger partial charge in [0.1, 0.15) is 23.2 Å². The van der Waals surface area contributed by atoms with Crippen molar-refractivity contribution in [3.05, 3.63) is 30.0 Å². The summed E-state index contributed by atoms with van der Waals surface area (Å²) in [4.78, 5) is 0. The van der Waals surface area contributed by atoms with Gasteiger partial charge in [-0.1, -0.05) is 20.3 Å². The topological polar surface area (TPSA) is 42.6 Å². The van der Waals surface area contributed by atoms with Crippen LogP contribution in [0.4, 0.5) is 0 Å². The van der Waals surface area contributed by atoms with E-state index in [2.05, 4.69) is 6.92 Å². The minimum atomic E-state index is -0.414. The highest BCUT2D eigenvalue weighted by Crippen LogP contribution is 2.26. The summed E-state index contributed by atoms with van der Waals surface area (Å²) in [6.07, 6.45) is 3.22. The summed E-state index contributed by atoms with van der Waals surface area (Å²) in [5.41, 5.74) is 0.871. The summed E-state index contributed by atoms with van der Waals surface area (Å²) in [6, 6.07) is 7.81. The fraction of sp³-hybridized carbons (Fsp3) is 0.529. The van der Waals surface area contributed by atoms with Gasteiger partial charge in [-0.15, -0.1) is 0 Å². The van der Waals surface area contributed by atoms with Crippen molar-refractivity contribution in [2.75, 3.05) is 0 Å². The second kappa shape index (κ2) is 6.80. The number of fused-ring (bicyclic) bond motifs is 1. The monoisotopic (exact) mass is 276 g/mol. The number of furan rings is 1. The van der Waals surface area contributed by atoms with E-state index in [0.717, 1.165) is 41.7 Å². The SMILES string of the molecule is CCCCC(Oc1ccc2oc(C)cc2c1)C(O)CC. The van der Waals surface area contributed by atoms with E-state index < -0.39 is 6.10 Å². The zero-order valence-corrected chi connectivity index (χ0v) is 12.6. The first-order valence-electron chi connectivity index (χ1n) is 7.49. The third kappa shape index (κ3) is 3.54. The van der Waals surface area contributed by atoms with E-state index in [1.165, 1.54) is 0 Å². The van der Waals surface area contributed by atoms with Crippen molar-refractivity contribution in [3.8, 4) is 5.75 Å². The van der Waals surface area contributed by atoms with Crippen molar-refractivity contribution in [2.24, 2.45) is 0 Å². The Kier molecular flexibility index (Phi) is 5.07. The Morgan fingerprint density at radius 1 is 1.25 bits per heavy atom. The van der Waals surface area contributed by atoms with Gasteiger partial charge in [-0.2, -0.15) is 0 Å². The van der Waals surface area contributed by atoms with Crippen LogP contribution in [0.2, 0.25) is 0 Å². The molecule has 2 rings (SSSR count). The van der Waals surface area contributed by atoms with Crippen LogP contribution in [-0.2, 0) is 0 Å². The number of unbranched alkanes of at least 4 members (excludes halogenated alkanes) is 1. The molecule has 0 aliphatic rings. The Morgan fingerprint density at radius 2 is 2.05 bits per heavy atom. The van der Waals surface area contributed by atoms with E-state index in [1.807, 2.05) is 38.1 Å². The molecule has 3 heteroatoms. The molecule has 110 valence electrons. The Bertz CT molecular complexity index is 544. The van der Waals surface area contributed by atoms with Gasteiger partial charge in [0.2, 0.25) is 0 Å². The molecule has 0 saturated heterocycles. The lowest BCUT2D eigenvalue weighted by Crippen LogP contribution is -2.31. The summed E-state index contributed by atoms with van der Waals surface area (Å²) in [6.45, 7) is 6.07. The molecule has 1 aromatic heterocycles. The van der Waals surface area contributed by atoms with Crippen LogP contribution in [0.15, 0.2) is 28.7 Å². The van der Waals surface area contributed by atoms with Crippen molar-refractivity contribution in [2.45, 2.75) is 58.7 Å². The van der Waals surface area contributed by atoms with Crippen LogP contribution in [0.3, 0.4) is 0 Å². The average molecular weight is 276 g/mol. The van der Waals surface area contributed by atoms with E-state index in [1.54, 1.807) is 0 Å². The van der Waals surface area contributed by atoms with E-state index in [4.69, 9.17) is 9.15 Å². The van der Waals surface area contributed by atoms with Gasteiger partial charge in [0, 0.05) is 5.39 Å². The highest BCUT2D eigenvalue weighted by molar-refractivity contribution is 5.79. The van der Waals surface area contributed by atoms with Crippen LogP contribution in [0, 0.1) is 6.92 Å². The molecule has 0 aliphatic heterocycles. The predicted molar refractivity (Wildman–Crippen MR) is 81.2 cm³/mol. The maximum absolute atomic E-state index is 10.1. The van der Waals surface area contributed by atoms with E-state index >= 15 is 0 Å². The van der Waals surface area contributed by atoms with Gasteiger partial charge >= 0.3 is 0 Å². The lowest BCUT2D eigenvalue weighted by atomic mass is 10.1. The van der Waals surface area contributed by atoms with Crippen molar-refractivity contribution in [1.29, 1.82) is 0 Å². The van der Waals surface area contributed by atoms with Crippen molar-refractivity contribution in [1.82, 2.24) is 0 Å². The lowest BCUT2D eigenvalue weighted by molar-refractivity contribution is 0.0280. The first kappa shape index (κ1) is 14.9. The molecule has 2 unspecified atom stereocenters. The van der Waals surface area contributed by atoms with Gasteiger partial charge in [-0.3, -0.25) is 0 Å². The fourth-order valence-corrected chi connectivity index (χ4v) is 2.40. The van der Waals surface area contributed by atoms with Gasteiger partial charge in [-0.25, -0.2) is 0 Å². The Balaban J connectivity index is 2.14. The molecule has 1 heterocycles. The quantitative estimate of drug-likeness (QED) is 0.812. The maximum atomic E-state index is 10.1. The van der Waals surface area contributed by atoms with Crippen molar-refractivity contribution >= 4 is 11.0 Å². The van der Waals surface area contributed by atoms with Gasteiger partial charge in [0.25, 0.3) is 0 Å². The van der Waals surface area contributed by atoms with Gasteiger partial charge < -0.3 is 14.3 Å². The molecule has 1 N–H and O–H groups in total. The third-order valence-corrected chi connectivity index (χ3v) is 3.59. The second-order valence-corrected chi connectivity index (χ2v) is 5.33. The van der Waals surface area contributed by atoms with Crippen molar-refractivity contribution in [3.63, 3.8) is 0 Å². The first-order valence-corrected chi connectivity index (χ1v) is 7.49. The van der Waals surface area contributed by atoms with Crippen LogP contribution in [0.1, 0.15) is 45.3 Å². The molecular weight excluding hydrogens is 252 g/mol. The zero-order chi connectivity index (χ0) is 14.5. The molecule has 0 bridgehead atoms.